The van der Waals surface area contributed by atoms with E-state index < -0.39 is 0 Å². The van der Waals surface area contributed by atoms with Gasteiger partial charge in [0.25, 0.3) is 0 Å². The highest BCUT2D eigenvalue weighted by Crippen LogP contribution is 2.30. The van der Waals surface area contributed by atoms with Crippen LogP contribution in [0.1, 0.15) is 24.1 Å². The van der Waals surface area contributed by atoms with E-state index >= 15 is 0 Å². The molecule has 0 saturated carbocycles. The maximum absolute atomic E-state index is 9.92. The number of hydrogen-bond acceptors (Lipinski definition) is 8. The highest BCUT2D eigenvalue weighted by Gasteiger charge is 2.34. The van der Waals surface area contributed by atoms with Gasteiger partial charge in [-0.1, -0.05) is 0 Å². The van der Waals surface area contributed by atoms with Crippen LogP contribution in [0, 0.1) is 13.8 Å². The van der Waals surface area contributed by atoms with Crippen LogP contribution in [0.4, 0.5) is 11.6 Å². The zero-order valence-corrected chi connectivity index (χ0v) is 14.6. The fraction of sp³-hybridized carbons (Fsp3) is 0.625. The van der Waals surface area contributed by atoms with Gasteiger partial charge in [-0.05, 0) is 20.3 Å². The molecule has 0 radical (unpaired) electrons. The molecule has 2 fully saturated rings. The summed E-state index contributed by atoms with van der Waals surface area (Å²) in [6, 6.07) is 2.43. The summed E-state index contributed by atoms with van der Waals surface area (Å²) in [6.45, 7) is 6.67. The highest BCUT2D eigenvalue weighted by atomic mass is 16.3. The van der Waals surface area contributed by atoms with Gasteiger partial charge in [-0.2, -0.15) is 5.10 Å². The fourth-order valence-corrected chi connectivity index (χ4v) is 3.74. The Bertz CT molecular complexity index is 756. The van der Waals surface area contributed by atoms with Crippen LogP contribution in [-0.4, -0.2) is 68.2 Å². The van der Waals surface area contributed by atoms with E-state index in [-0.39, 0.29) is 12.1 Å². The van der Waals surface area contributed by atoms with Crippen molar-refractivity contribution in [3.63, 3.8) is 0 Å². The molecule has 2 aromatic heterocycles. The molecule has 2 aliphatic heterocycles. The normalized spacial score (nSPS) is 24.0. The van der Waals surface area contributed by atoms with E-state index in [4.69, 9.17) is 5.73 Å². The number of aliphatic hydroxyl groups excluding tert-OH is 1. The van der Waals surface area contributed by atoms with Gasteiger partial charge in [0.15, 0.2) is 0 Å². The number of β-amino-alcohol motifs (C(OH)–C–C–N with tert-alkyl or cyclic N) is 1. The molecule has 9 heteroatoms. The summed E-state index contributed by atoms with van der Waals surface area (Å²) in [6.07, 6.45) is 1.92. The van der Waals surface area contributed by atoms with Crippen LogP contribution in [0.2, 0.25) is 0 Å². The van der Waals surface area contributed by atoms with Gasteiger partial charge in [0.1, 0.15) is 29.6 Å². The summed E-state index contributed by atoms with van der Waals surface area (Å²) >= 11 is 0. The smallest absolute Gasteiger partial charge is 0.147 e. The molecule has 0 amide bonds. The summed E-state index contributed by atoms with van der Waals surface area (Å²) in [5, 5.41) is 14.4. The van der Waals surface area contributed by atoms with Crippen LogP contribution in [0.25, 0.3) is 0 Å². The van der Waals surface area contributed by atoms with Crippen LogP contribution in [-0.2, 0) is 0 Å². The van der Waals surface area contributed by atoms with E-state index in [2.05, 4.69) is 29.9 Å². The van der Waals surface area contributed by atoms with Gasteiger partial charge in [0, 0.05) is 38.3 Å². The summed E-state index contributed by atoms with van der Waals surface area (Å²) in [5.41, 5.74) is 5.84. The molecule has 9 nitrogen and oxygen atoms in total. The molecule has 2 aliphatic rings. The number of aryl methyl sites for hydroxylation is 2. The quantitative estimate of drug-likeness (QED) is 0.774. The first kappa shape index (κ1) is 16.2. The molecular weight excluding hydrogens is 320 g/mol. The lowest BCUT2D eigenvalue weighted by Crippen LogP contribution is -2.49. The van der Waals surface area contributed by atoms with E-state index in [0.717, 1.165) is 36.4 Å². The van der Waals surface area contributed by atoms with Crippen LogP contribution in [0.15, 0.2) is 12.4 Å². The minimum absolute atomic E-state index is 0.127. The summed E-state index contributed by atoms with van der Waals surface area (Å²) < 4.78 is 2.00. The van der Waals surface area contributed by atoms with Crippen LogP contribution in [0.5, 0.6) is 0 Å². The fourth-order valence-electron chi connectivity index (χ4n) is 3.74. The van der Waals surface area contributed by atoms with Crippen molar-refractivity contribution in [2.24, 2.45) is 5.73 Å². The number of hydrogen-bond donors (Lipinski definition) is 2. The van der Waals surface area contributed by atoms with Crippen molar-refractivity contribution < 1.29 is 5.11 Å². The van der Waals surface area contributed by atoms with Gasteiger partial charge in [-0.3, -0.25) is 0 Å². The number of aliphatic hydroxyl groups is 1. The molecule has 2 aromatic rings. The molecule has 0 bridgehead atoms. The van der Waals surface area contributed by atoms with Crippen LogP contribution < -0.4 is 15.5 Å². The molecule has 3 N–H and O–H groups in total. The third-order valence-electron chi connectivity index (χ3n) is 5.04. The van der Waals surface area contributed by atoms with Crippen LogP contribution >= 0.6 is 0 Å². The molecule has 0 aromatic carbocycles. The van der Waals surface area contributed by atoms with Gasteiger partial charge >= 0.3 is 0 Å². The Morgan fingerprint density at radius 3 is 2.64 bits per heavy atom. The lowest BCUT2D eigenvalue weighted by molar-refractivity contribution is 0.194. The van der Waals surface area contributed by atoms with Crippen molar-refractivity contribution >= 4 is 11.6 Å². The highest BCUT2D eigenvalue weighted by molar-refractivity contribution is 5.53. The maximum atomic E-state index is 9.92. The first-order valence-corrected chi connectivity index (χ1v) is 8.66. The summed E-state index contributed by atoms with van der Waals surface area (Å²) in [7, 11) is 0. The average molecular weight is 344 g/mol. The molecule has 4 rings (SSSR count). The predicted octanol–water partition coefficient (Wildman–Crippen LogP) is -0.355. The minimum atomic E-state index is -0.348. The Morgan fingerprint density at radius 2 is 1.96 bits per heavy atom. The Hall–Kier alpha value is -2.26. The topological polar surface area (TPSA) is 109 Å². The van der Waals surface area contributed by atoms with Crippen molar-refractivity contribution in [3.05, 3.63) is 24.0 Å². The molecule has 2 saturated heterocycles. The van der Waals surface area contributed by atoms with Gasteiger partial charge in [0.2, 0.25) is 0 Å². The number of anilines is 2. The van der Waals surface area contributed by atoms with Crippen molar-refractivity contribution in [1.82, 2.24) is 24.7 Å². The first-order valence-electron chi connectivity index (χ1n) is 8.66. The van der Waals surface area contributed by atoms with Crippen molar-refractivity contribution in [2.45, 2.75) is 38.5 Å². The molecule has 134 valence electrons. The second kappa shape index (κ2) is 6.23. The maximum Gasteiger partial charge on any atom is 0.147 e. The zero-order valence-electron chi connectivity index (χ0n) is 14.6. The number of rotatable bonds is 4. The SMILES string of the molecule is Cc1nc(C)n(C2CN(c3cc(N4C[C@H](O)C[C@@H]4CN)ncn3)C2)n1. The van der Waals surface area contributed by atoms with E-state index in [1.165, 1.54) is 0 Å². The summed E-state index contributed by atoms with van der Waals surface area (Å²) in [5.74, 6) is 3.48. The lowest BCUT2D eigenvalue weighted by atomic mass is 10.1. The molecule has 0 unspecified atom stereocenters. The van der Waals surface area contributed by atoms with Crippen molar-refractivity contribution in [1.29, 1.82) is 0 Å². The molecule has 25 heavy (non-hydrogen) atoms. The minimum Gasteiger partial charge on any atom is -0.391 e. The van der Waals surface area contributed by atoms with E-state index in [9.17, 15) is 5.11 Å². The molecule has 0 aliphatic carbocycles. The molecule has 0 spiro atoms. The largest absolute Gasteiger partial charge is 0.391 e. The second-order valence-corrected chi connectivity index (χ2v) is 6.88. The second-order valence-electron chi connectivity index (χ2n) is 6.88. The van der Waals surface area contributed by atoms with Crippen molar-refractivity contribution in [3.8, 4) is 0 Å². The van der Waals surface area contributed by atoms with Crippen molar-refractivity contribution in [2.75, 3.05) is 36.0 Å². The van der Waals surface area contributed by atoms with E-state index in [1.807, 2.05) is 24.6 Å². The average Bonchev–Trinajstić information content (AvgIpc) is 3.08. The number of nitrogens with two attached hydrogens (primary N) is 1. The standard InChI is InChI=1S/C16H24N8O/c1-10-20-11(2)24(21-10)13-6-22(7-13)15-4-16(19-9-18-15)23-8-14(25)3-12(23)5-17/h4,9,12-14,25H,3,5-8,17H2,1-2H3/t12-,14-/m1/s1. The van der Waals surface area contributed by atoms with E-state index in [1.54, 1.807) is 6.33 Å². The van der Waals surface area contributed by atoms with Gasteiger partial charge in [-0.15, -0.1) is 0 Å². The zero-order chi connectivity index (χ0) is 17.6. The Kier molecular flexibility index (Phi) is 4.04. The van der Waals surface area contributed by atoms with Gasteiger partial charge in [0.05, 0.1) is 12.1 Å². The van der Waals surface area contributed by atoms with Crippen LogP contribution in [0.3, 0.4) is 0 Å². The number of aromatic nitrogens is 5. The molecular formula is C16H24N8O. The Labute approximate surface area is 146 Å². The lowest BCUT2D eigenvalue weighted by Gasteiger charge is -2.40. The van der Waals surface area contributed by atoms with Gasteiger partial charge < -0.3 is 20.6 Å². The molecule has 2 atom stereocenters. The summed E-state index contributed by atoms with van der Waals surface area (Å²) in [4.78, 5) is 17.4. The Morgan fingerprint density at radius 1 is 1.20 bits per heavy atom. The Balaban J connectivity index is 1.47. The predicted molar refractivity (Wildman–Crippen MR) is 93.6 cm³/mol. The molecule has 4 heterocycles. The monoisotopic (exact) mass is 344 g/mol. The van der Waals surface area contributed by atoms with E-state index in [0.29, 0.717) is 25.6 Å². The third kappa shape index (κ3) is 2.93. The van der Waals surface area contributed by atoms with Gasteiger partial charge in [-0.25, -0.2) is 19.6 Å². The first-order chi connectivity index (χ1) is 12.0. The number of nitrogens with zero attached hydrogens (tertiary/aromatic N) is 7. The third-order valence-corrected chi connectivity index (χ3v) is 5.04.